The quantitative estimate of drug-likeness (QED) is 0.895. The molecule has 1 aliphatic rings. The minimum absolute atomic E-state index is 0.0379. The van der Waals surface area contributed by atoms with E-state index in [1.165, 1.54) is 0 Å². The standard InChI is InChI=1S/C16H22N2O3/c1-10(2)8-13(15(19)20)17-16(21)18-11(3)9-12-6-4-5-7-14(12)18/h4-7,10-11,13H,8-9H2,1-3H3,(H,17,21)(H,19,20). The lowest BCUT2D eigenvalue weighted by molar-refractivity contribution is -0.139. The molecule has 2 rings (SSSR count). The Morgan fingerprint density at radius 2 is 2.05 bits per heavy atom. The zero-order valence-electron chi connectivity index (χ0n) is 12.7. The first-order valence-corrected chi connectivity index (χ1v) is 7.30. The van der Waals surface area contributed by atoms with Crippen LogP contribution in [-0.2, 0) is 11.2 Å². The third kappa shape index (κ3) is 3.35. The van der Waals surface area contributed by atoms with Gasteiger partial charge < -0.3 is 10.4 Å². The maximum absolute atomic E-state index is 12.5. The molecule has 0 bridgehead atoms. The van der Waals surface area contributed by atoms with Crippen molar-refractivity contribution >= 4 is 17.7 Å². The number of nitrogens with zero attached hydrogens (tertiary/aromatic N) is 1. The number of hydrogen-bond acceptors (Lipinski definition) is 2. The van der Waals surface area contributed by atoms with Gasteiger partial charge in [0, 0.05) is 11.7 Å². The van der Waals surface area contributed by atoms with Gasteiger partial charge in [-0.05, 0) is 37.3 Å². The molecule has 1 aromatic rings. The van der Waals surface area contributed by atoms with Crippen LogP contribution in [0.3, 0.4) is 0 Å². The topological polar surface area (TPSA) is 69.6 Å². The third-order valence-electron chi connectivity index (χ3n) is 3.73. The van der Waals surface area contributed by atoms with Crippen molar-refractivity contribution < 1.29 is 14.7 Å². The van der Waals surface area contributed by atoms with Crippen LogP contribution >= 0.6 is 0 Å². The summed E-state index contributed by atoms with van der Waals surface area (Å²) in [4.78, 5) is 25.4. The fourth-order valence-electron chi connectivity index (χ4n) is 2.79. The summed E-state index contributed by atoms with van der Waals surface area (Å²) in [5.41, 5.74) is 1.99. The highest BCUT2D eigenvalue weighted by Gasteiger charge is 2.32. The smallest absolute Gasteiger partial charge is 0.326 e. The van der Waals surface area contributed by atoms with E-state index in [0.717, 1.165) is 17.7 Å². The van der Waals surface area contributed by atoms with Crippen LogP contribution in [0.15, 0.2) is 24.3 Å². The molecule has 0 saturated heterocycles. The molecule has 0 saturated carbocycles. The molecule has 0 aliphatic carbocycles. The van der Waals surface area contributed by atoms with Gasteiger partial charge in [0.2, 0.25) is 0 Å². The fourth-order valence-corrected chi connectivity index (χ4v) is 2.79. The van der Waals surface area contributed by atoms with Gasteiger partial charge in [0.15, 0.2) is 0 Å². The molecular weight excluding hydrogens is 268 g/mol. The number of carboxylic acid groups (broad SMARTS) is 1. The van der Waals surface area contributed by atoms with E-state index in [2.05, 4.69) is 5.32 Å². The van der Waals surface area contributed by atoms with Crippen LogP contribution in [0.25, 0.3) is 0 Å². The summed E-state index contributed by atoms with van der Waals surface area (Å²) in [5.74, 6) is -0.785. The van der Waals surface area contributed by atoms with Crippen LogP contribution in [-0.4, -0.2) is 29.2 Å². The first-order chi connectivity index (χ1) is 9.90. The van der Waals surface area contributed by atoms with Gasteiger partial charge in [-0.1, -0.05) is 32.0 Å². The van der Waals surface area contributed by atoms with Gasteiger partial charge >= 0.3 is 12.0 Å². The third-order valence-corrected chi connectivity index (χ3v) is 3.73. The van der Waals surface area contributed by atoms with E-state index >= 15 is 0 Å². The van der Waals surface area contributed by atoms with Crippen LogP contribution in [0.1, 0.15) is 32.8 Å². The van der Waals surface area contributed by atoms with Crippen molar-refractivity contribution in [2.24, 2.45) is 5.92 Å². The monoisotopic (exact) mass is 290 g/mol. The second-order valence-corrected chi connectivity index (χ2v) is 6.02. The average Bonchev–Trinajstić information content (AvgIpc) is 2.73. The zero-order valence-corrected chi connectivity index (χ0v) is 12.7. The van der Waals surface area contributed by atoms with Crippen molar-refractivity contribution in [2.45, 2.75) is 45.7 Å². The Kier molecular flexibility index (Phi) is 4.50. The molecular formula is C16H22N2O3. The number of urea groups is 1. The molecule has 0 aromatic heterocycles. The Morgan fingerprint density at radius 1 is 1.38 bits per heavy atom. The Morgan fingerprint density at radius 3 is 2.67 bits per heavy atom. The van der Waals surface area contributed by atoms with Gasteiger partial charge in [0.05, 0.1) is 0 Å². The van der Waals surface area contributed by atoms with Crippen molar-refractivity contribution in [2.75, 3.05) is 4.90 Å². The predicted molar refractivity (Wildman–Crippen MR) is 81.5 cm³/mol. The maximum atomic E-state index is 12.5. The molecule has 114 valence electrons. The zero-order chi connectivity index (χ0) is 15.6. The summed E-state index contributed by atoms with van der Waals surface area (Å²) in [6.45, 7) is 5.85. The molecule has 0 spiro atoms. The Bertz CT molecular complexity index is 542. The Labute approximate surface area is 125 Å². The molecule has 2 N–H and O–H groups in total. The number of nitrogens with one attached hydrogen (secondary N) is 1. The maximum Gasteiger partial charge on any atom is 0.326 e. The first-order valence-electron chi connectivity index (χ1n) is 7.30. The molecule has 0 fully saturated rings. The van der Waals surface area contributed by atoms with E-state index in [1.54, 1.807) is 4.90 Å². The number of amides is 2. The lowest BCUT2D eigenvalue weighted by atomic mass is 10.0. The van der Waals surface area contributed by atoms with E-state index in [9.17, 15) is 14.7 Å². The summed E-state index contributed by atoms with van der Waals surface area (Å²) in [5, 5.41) is 11.9. The number of hydrogen-bond donors (Lipinski definition) is 2. The summed E-state index contributed by atoms with van der Waals surface area (Å²) >= 11 is 0. The van der Waals surface area contributed by atoms with Gasteiger partial charge in [-0.3, -0.25) is 4.90 Å². The molecule has 5 nitrogen and oxygen atoms in total. The van der Waals surface area contributed by atoms with Gasteiger partial charge in [-0.2, -0.15) is 0 Å². The number of aliphatic carboxylic acids is 1. The Balaban J connectivity index is 2.14. The van der Waals surface area contributed by atoms with Crippen LogP contribution in [0.2, 0.25) is 0 Å². The number of fused-ring (bicyclic) bond motifs is 1. The minimum Gasteiger partial charge on any atom is -0.480 e. The summed E-state index contributed by atoms with van der Waals surface area (Å²) in [7, 11) is 0. The second kappa shape index (κ2) is 6.16. The summed E-state index contributed by atoms with van der Waals surface area (Å²) < 4.78 is 0. The fraction of sp³-hybridized carbons (Fsp3) is 0.500. The average molecular weight is 290 g/mol. The van der Waals surface area contributed by atoms with E-state index < -0.39 is 12.0 Å². The van der Waals surface area contributed by atoms with Crippen LogP contribution in [0.4, 0.5) is 10.5 Å². The highest BCUT2D eigenvalue weighted by Crippen LogP contribution is 2.31. The highest BCUT2D eigenvalue weighted by molar-refractivity contribution is 5.96. The van der Waals surface area contributed by atoms with E-state index in [0.29, 0.717) is 6.42 Å². The van der Waals surface area contributed by atoms with Crippen molar-refractivity contribution in [1.82, 2.24) is 5.32 Å². The van der Waals surface area contributed by atoms with Crippen molar-refractivity contribution in [3.63, 3.8) is 0 Å². The van der Waals surface area contributed by atoms with Crippen LogP contribution in [0, 0.1) is 5.92 Å². The summed E-state index contributed by atoms with van der Waals surface area (Å²) in [6, 6.07) is 6.60. The summed E-state index contributed by atoms with van der Waals surface area (Å²) in [6.07, 6.45) is 1.22. The van der Waals surface area contributed by atoms with Crippen molar-refractivity contribution in [1.29, 1.82) is 0 Å². The number of rotatable bonds is 4. The molecule has 2 amide bonds. The van der Waals surface area contributed by atoms with Gasteiger partial charge in [-0.25, -0.2) is 9.59 Å². The van der Waals surface area contributed by atoms with Crippen LogP contribution in [0.5, 0.6) is 0 Å². The number of anilines is 1. The molecule has 2 atom stereocenters. The number of para-hydroxylation sites is 1. The normalized spacial score (nSPS) is 18.5. The number of carbonyl (C=O) groups is 2. The van der Waals surface area contributed by atoms with Gasteiger partial charge in [-0.15, -0.1) is 0 Å². The molecule has 2 unspecified atom stereocenters. The minimum atomic E-state index is -0.989. The van der Waals surface area contributed by atoms with Gasteiger partial charge in [0.25, 0.3) is 0 Å². The lowest BCUT2D eigenvalue weighted by Crippen LogP contribution is -2.50. The van der Waals surface area contributed by atoms with Crippen LogP contribution < -0.4 is 10.2 Å². The lowest BCUT2D eigenvalue weighted by Gasteiger charge is -2.26. The molecule has 1 aromatic carbocycles. The van der Waals surface area contributed by atoms with E-state index in [4.69, 9.17) is 0 Å². The molecule has 1 aliphatic heterocycles. The van der Waals surface area contributed by atoms with E-state index in [-0.39, 0.29) is 18.0 Å². The molecule has 21 heavy (non-hydrogen) atoms. The second-order valence-electron chi connectivity index (χ2n) is 6.02. The van der Waals surface area contributed by atoms with Crippen molar-refractivity contribution in [3.8, 4) is 0 Å². The predicted octanol–water partition coefficient (Wildman–Crippen LogP) is 2.65. The van der Waals surface area contributed by atoms with E-state index in [1.807, 2.05) is 45.0 Å². The Hall–Kier alpha value is -2.04. The van der Waals surface area contributed by atoms with Crippen molar-refractivity contribution in [3.05, 3.63) is 29.8 Å². The number of carbonyl (C=O) groups excluding carboxylic acids is 1. The molecule has 0 radical (unpaired) electrons. The van der Waals surface area contributed by atoms with Gasteiger partial charge in [0.1, 0.15) is 6.04 Å². The molecule has 1 heterocycles. The first kappa shape index (κ1) is 15.4. The molecule has 5 heteroatoms. The highest BCUT2D eigenvalue weighted by atomic mass is 16.4. The largest absolute Gasteiger partial charge is 0.480 e. The SMILES string of the molecule is CC(C)CC(NC(=O)N1c2ccccc2CC1C)C(=O)O. The number of carboxylic acids is 1. The number of benzene rings is 1.